The molecule has 1 N–H and O–H groups in total. The molecule has 0 bridgehead atoms. The van der Waals surface area contributed by atoms with E-state index in [0.29, 0.717) is 28.9 Å². The van der Waals surface area contributed by atoms with Crippen LogP contribution < -0.4 is 10.1 Å². The Balaban J connectivity index is 1.32. The Kier molecular flexibility index (Phi) is 8.85. The van der Waals surface area contributed by atoms with E-state index in [1.165, 1.54) is 4.88 Å². The van der Waals surface area contributed by atoms with Gasteiger partial charge in [0, 0.05) is 33.2 Å². The molecule has 1 aliphatic carbocycles. The molecule has 1 amide bonds. The molecule has 0 spiro atoms. The third-order valence-corrected chi connectivity index (χ3v) is 8.77. The van der Waals surface area contributed by atoms with Crippen LogP contribution in [0.25, 0.3) is 0 Å². The first-order chi connectivity index (χ1) is 18.5. The second-order valence-electron chi connectivity index (χ2n) is 9.03. The number of halogens is 3. The highest BCUT2D eigenvalue weighted by Crippen LogP contribution is 2.40. The molecule has 5 rings (SSSR count). The number of amides is 1. The quantitative estimate of drug-likeness (QED) is 0.198. The maximum absolute atomic E-state index is 13.3. The third-order valence-electron chi connectivity index (χ3n) is 6.36. The molecule has 3 aromatic carbocycles. The van der Waals surface area contributed by atoms with E-state index in [1.54, 1.807) is 29.7 Å². The van der Waals surface area contributed by atoms with Gasteiger partial charge in [-0.05, 0) is 88.6 Å². The van der Waals surface area contributed by atoms with Gasteiger partial charge in [0.1, 0.15) is 17.4 Å². The first-order valence-electron chi connectivity index (χ1n) is 12.3. The Morgan fingerprint density at radius 2 is 1.87 bits per heavy atom. The summed E-state index contributed by atoms with van der Waals surface area (Å²) in [5.41, 5.74) is 4.70. The molecule has 194 valence electrons. The van der Waals surface area contributed by atoms with Crippen LogP contribution in [0.4, 0.5) is 5.00 Å². The summed E-state index contributed by atoms with van der Waals surface area (Å²) in [6.07, 6.45) is 5.98. The lowest BCUT2D eigenvalue weighted by atomic mass is 9.95. The van der Waals surface area contributed by atoms with Crippen LogP contribution in [0, 0.1) is 0 Å². The van der Waals surface area contributed by atoms with Crippen LogP contribution in [0.15, 0.2) is 76.2 Å². The largest absolute Gasteiger partial charge is 0.488 e. The Morgan fingerprint density at radius 1 is 1.05 bits per heavy atom. The number of hydrogen-bond acceptors (Lipinski definition) is 4. The number of fused-ring (bicyclic) bond motifs is 1. The van der Waals surface area contributed by atoms with Crippen molar-refractivity contribution in [1.29, 1.82) is 0 Å². The van der Waals surface area contributed by atoms with Crippen molar-refractivity contribution in [2.24, 2.45) is 4.99 Å². The normalized spacial score (nSPS) is 12.9. The fraction of sp³-hybridized carbons (Fsp3) is 0.200. The van der Waals surface area contributed by atoms with Crippen LogP contribution in [0.5, 0.6) is 5.75 Å². The molecule has 4 nitrogen and oxygen atoms in total. The van der Waals surface area contributed by atoms with Crippen LogP contribution in [0.3, 0.4) is 0 Å². The fourth-order valence-corrected chi connectivity index (χ4v) is 6.59. The molecule has 8 heteroatoms. The lowest BCUT2D eigenvalue weighted by molar-refractivity contribution is 0.0951. The zero-order valence-electron chi connectivity index (χ0n) is 20.5. The molecule has 0 unspecified atom stereocenters. The summed E-state index contributed by atoms with van der Waals surface area (Å²) in [6, 6.07) is 21.1. The van der Waals surface area contributed by atoms with Gasteiger partial charge in [0.15, 0.2) is 0 Å². The van der Waals surface area contributed by atoms with Crippen LogP contribution in [-0.4, -0.2) is 12.1 Å². The van der Waals surface area contributed by atoms with E-state index in [0.717, 1.165) is 63.0 Å². The van der Waals surface area contributed by atoms with Crippen molar-refractivity contribution < 1.29 is 9.53 Å². The highest BCUT2D eigenvalue weighted by Gasteiger charge is 2.25. The molecule has 1 aliphatic rings. The molecule has 0 fully saturated rings. The van der Waals surface area contributed by atoms with E-state index >= 15 is 0 Å². The van der Waals surface area contributed by atoms with Gasteiger partial charge >= 0.3 is 0 Å². The molecular formula is C30H25BrCl2N2O2S. The number of carbonyl (C=O) groups is 1. The molecular weight excluding hydrogens is 603 g/mol. The van der Waals surface area contributed by atoms with Crippen LogP contribution >= 0.6 is 50.5 Å². The molecule has 1 aromatic heterocycles. The van der Waals surface area contributed by atoms with Crippen LogP contribution in [0.1, 0.15) is 50.3 Å². The van der Waals surface area contributed by atoms with Crippen molar-refractivity contribution in [2.45, 2.75) is 38.8 Å². The van der Waals surface area contributed by atoms with E-state index in [4.69, 9.17) is 32.9 Å². The van der Waals surface area contributed by atoms with Crippen molar-refractivity contribution >= 4 is 67.6 Å². The summed E-state index contributed by atoms with van der Waals surface area (Å²) in [7, 11) is 0. The van der Waals surface area contributed by atoms with Gasteiger partial charge in [-0.3, -0.25) is 4.79 Å². The summed E-state index contributed by atoms with van der Waals surface area (Å²) in [5, 5.41) is 5.01. The zero-order chi connectivity index (χ0) is 26.5. The number of hydrogen-bond donors (Lipinski definition) is 1. The van der Waals surface area contributed by atoms with E-state index in [2.05, 4.69) is 21.2 Å². The average Bonchev–Trinajstić information content (AvgIpc) is 3.30. The van der Waals surface area contributed by atoms with Gasteiger partial charge in [-0.25, -0.2) is 4.99 Å². The van der Waals surface area contributed by atoms with E-state index in [9.17, 15) is 4.79 Å². The van der Waals surface area contributed by atoms with Crippen LogP contribution in [0.2, 0.25) is 10.0 Å². The number of nitrogens with one attached hydrogen (secondary N) is 1. The molecule has 0 aliphatic heterocycles. The number of aliphatic imine (C=N–C) groups is 1. The number of carbonyl (C=O) groups excluding carboxylic acids is 1. The van der Waals surface area contributed by atoms with Gasteiger partial charge in [0.25, 0.3) is 5.91 Å². The Morgan fingerprint density at radius 3 is 2.66 bits per heavy atom. The third kappa shape index (κ3) is 6.49. The van der Waals surface area contributed by atoms with E-state index in [1.807, 2.05) is 54.6 Å². The topological polar surface area (TPSA) is 50.7 Å². The summed E-state index contributed by atoms with van der Waals surface area (Å²) >= 11 is 17.5. The summed E-state index contributed by atoms with van der Waals surface area (Å²) in [4.78, 5) is 19.4. The number of benzene rings is 3. The van der Waals surface area contributed by atoms with Gasteiger partial charge in [-0.2, -0.15) is 0 Å². The highest BCUT2D eigenvalue weighted by molar-refractivity contribution is 9.10. The first kappa shape index (κ1) is 26.9. The summed E-state index contributed by atoms with van der Waals surface area (Å²) < 4.78 is 6.76. The molecule has 4 aromatic rings. The number of thiophene rings is 1. The van der Waals surface area contributed by atoms with Gasteiger partial charge < -0.3 is 10.1 Å². The first-order valence-corrected chi connectivity index (χ1v) is 14.7. The predicted octanol–water partition coefficient (Wildman–Crippen LogP) is 8.96. The van der Waals surface area contributed by atoms with Gasteiger partial charge in [-0.1, -0.05) is 59.6 Å². The number of ether oxygens (including phenoxy) is 1. The number of nitrogens with zero attached hydrogens (tertiary/aromatic N) is 1. The van der Waals surface area contributed by atoms with E-state index in [-0.39, 0.29) is 5.91 Å². The molecule has 0 atom stereocenters. The highest BCUT2D eigenvalue weighted by atomic mass is 79.9. The Labute approximate surface area is 244 Å². The van der Waals surface area contributed by atoms with Crippen LogP contribution in [-0.2, 0) is 26.0 Å². The van der Waals surface area contributed by atoms with Gasteiger partial charge in [0.2, 0.25) is 0 Å². The molecule has 38 heavy (non-hydrogen) atoms. The van der Waals surface area contributed by atoms with Gasteiger partial charge in [-0.15, -0.1) is 11.3 Å². The fourth-order valence-electron chi connectivity index (χ4n) is 4.39. The van der Waals surface area contributed by atoms with E-state index < -0.39 is 0 Å². The number of aryl methyl sites for hydroxylation is 1. The zero-order valence-corrected chi connectivity index (χ0v) is 24.4. The second kappa shape index (κ2) is 12.5. The Bertz CT molecular complexity index is 1490. The average molecular weight is 628 g/mol. The monoisotopic (exact) mass is 626 g/mol. The standard InChI is InChI=1S/C30H25BrCl2N2O2S/c31-24-14-20(10-13-26(24)37-18-21-11-12-22(32)15-25(21)33)17-35-30-28(23-8-4-5-9-27(23)38-30)29(36)34-16-19-6-2-1-3-7-19/h1-3,6-7,10-15,17H,4-5,8-9,16,18H2,(H,34,36)/b35-17-. The van der Waals surface area contributed by atoms with Gasteiger partial charge in [0.05, 0.1) is 10.0 Å². The molecule has 0 saturated heterocycles. The lowest BCUT2D eigenvalue weighted by Crippen LogP contribution is -2.24. The molecule has 1 heterocycles. The van der Waals surface area contributed by atoms with Crippen molar-refractivity contribution in [3.05, 3.63) is 114 Å². The van der Waals surface area contributed by atoms with Crippen molar-refractivity contribution in [2.75, 3.05) is 0 Å². The lowest BCUT2D eigenvalue weighted by Gasteiger charge is -2.13. The molecule has 0 radical (unpaired) electrons. The number of rotatable bonds is 8. The van der Waals surface area contributed by atoms with Crippen molar-refractivity contribution in [3.8, 4) is 5.75 Å². The van der Waals surface area contributed by atoms with Crippen molar-refractivity contribution in [3.63, 3.8) is 0 Å². The molecule has 0 saturated carbocycles. The minimum atomic E-state index is -0.0637. The Hall–Kier alpha value is -2.64. The second-order valence-corrected chi connectivity index (χ2v) is 11.8. The SMILES string of the molecule is O=C(NCc1ccccc1)c1c(/N=C\c2ccc(OCc3ccc(Cl)cc3Cl)c(Br)c2)sc2c1CCCC2. The minimum Gasteiger partial charge on any atom is -0.488 e. The minimum absolute atomic E-state index is 0.0637. The predicted molar refractivity (Wildman–Crippen MR) is 161 cm³/mol. The summed E-state index contributed by atoms with van der Waals surface area (Å²) in [5.74, 6) is 0.631. The van der Waals surface area contributed by atoms with Crippen molar-refractivity contribution in [1.82, 2.24) is 5.32 Å². The summed E-state index contributed by atoms with van der Waals surface area (Å²) in [6.45, 7) is 0.813. The smallest absolute Gasteiger partial charge is 0.254 e. The maximum atomic E-state index is 13.3. The maximum Gasteiger partial charge on any atom is 0.254 e.